The van der Waals surface area contributed by atoms with Gasteiger partial charge in [-0.05, 0) is 47.5 Å². The van der Waals surface area contributed by atoms with Gasteiger partial charge in [-0.25, -0.2) is 4.57 Å². The van der Waals surface area contributed by atoms with Crippen molar-refractivity contribution >= 4 is 19.0 Å². The molecule has 0 saturated heterocycles. The average Bonchev–Trinajstić information content (AvgIpc) is 2.80. The molecule has 0 radical (unpaired) electrons. The lowest BCUT2D eigenvalue weighted by molar-refractivity contribution is 0.377. The zero-order valence-electron chi connectivity index (χ0n) is 17.1. The summed E-state index contributed by atoms with van der Waals surface area (Å²) in [5.74, 6) is 1.02. The number of hydrogen-bond donors (Lipinski definition) is 0. The molecule has 0 amide bonds. The predicted molar refractivity (Wildman–Crippen MR) is 125 cm³/mol. The van der Waals surface area contributed by atoms with Gasteiger partial charge in [0.1, 0.15) is 17.2 Å². The molecule has 0 bridgehead atoms. The van der Waals surface area contributed by atoms with Gasteiger partial charge in [-0.1, -0.05) is 72.8 Å². The van der Waals surface area contributed by atoms with Gasteiger partial charge in [0.25, 0.3) is 0 Å². The van der Waals surface area contributed by atoms with E-state index in [0.717, 1.165) is 22.5 Å². The van der Waals surface area contributed by atoms with E-state index in [0.29, 0.717) is 11.5 Å². The SMILES string of the molecule is CN1c2ccccc2C(P(=O)(Oc2ccccc2)Oc2ccccc2)c2ccccc21. The van der Waals surface area contributed by atoms with Gasteiger partial charge in [0.2, 0.25) is 0 Å². The van der Waals surface area contributed by atoms with Crippen LogP contribution < -0.4 is 13.9 Å². The first-order valence-corrected chi connectivity index (χ1v) is 11.8. The molecule has 0 atom stereocenters. The standard InChI is InChI=1S/C26H22NO3P/c1-27-24-18-10-8-16-22(24)26(23-17-9-11-19-25(23)27)31(28,29-20-12-4-2-5-13-20)30-21-14-6-3-7-15-21/h2-19,26H,1H3. The lowest BCUT2D eigenvalue weighted by atomic mass is 9.95. The fourth-order valence-electron chi connectivity index (χ4n) is 4.07. The van der Waals surface area contributed by atoms with Crippen LogP contribution in [0.4, 0.5) is 11.4 Å². The molecule has 1 aliphatic heterocycles. The van der Waals surface area contributed by atoms with E-state index in [1.54, 1.807) is 24.3 Å². The quantitative estimate of drug-likeness (QED) is 0.316. The number of anilines is 2. The Hall–Kier alpha value is -3.49. The summed E-state index contributed by atoms with van der Waals surface area (Å²) in [6.07, 6.45) is 0. The summed E-state index contributed by atoms with van der Waals surface area (Å²) in [6, 6.07) is 34.4. The highest BCUT2D eigenvalue weighted by Crippen LogP contribution is 2.66. The molecule has 31 heavy (non-hydrogen) atoms. The lowest BCUT2D eigenvalue weighted by Crippen LogP contribution is -2.24. The monoisotopic (exact) mass is 427 g/mol. The zero-order valence-corrected chi connectivity index (χ0v) is 18.0. The Bertz CT molecular complexity index is 1150. The van der Waals surface area contributed by atoms with Crippen molar-refractivity contribution in [1.82, 2.24) is 0 Å². The van der Waals surface area contributed by atoms with E-state index in [1.165, 1.54) is 0 Å². The van der Waals surface area contributed by atoms with Gasteiger partial charge in [0.15, 0.2) is 0 Å². The van der Waals surface area contributed by atoms with Gasteiger partial charge >= 0.3 is 7.60 Å². The summed E-state index contributed by atoms with van der Waals surface area (Å²) in [5, 5.41) is 0. The molecule has 1 aliphatic rings. The maximum absolute atomic E-state index is 14.7. The van der Waals surface area contributed by atoms with E-state index < -0.39 is 13.3 Å². The van der Waals surface area contributed by atoms with Crippen LogP contribution in [0.1, 0.15) is 16.8 Å². The molecule has 0 spiro atoms. The van der Waals surface area contributed by atoms with E-state index in [-0.39, 0.29) is 0 Å². The number of rotatable bonds is 5. The van der Waals surface area contributed by atoms with Crippen molar-refractivity contribution < 1.29 is 13.6 Å². The van der Waals surface area contributed by atoms with Crippen LogP contribution >= 0.6 is 7.60 Å². The normalized spacial score (nSPS) is 13.3. The second-order valence-corrected chi connectivity index (χ2v) is 9.39. The topological polar surface area (TPSA) is 38.8 Å². The number of benzene rings is 4. The molecule has 4 nitrogen and oxygen atoms in total. The second kappa shape index (κ2) is 7.98. The Labute approximate surface area is 182 Å². The number of nitrogens with zero attached hydrogens (tertiary/aromatic N) is 1. The lowest BCUT2D eigenvalue weighted by Gasteiger charge is -2.37. The van der Waals surface area contributed by atoms with Crippen molar-refractivity contribution in [3.05, 3.63) is 120 Å². The molecule has 0 unspecified atom stereocenters. The summed E-state index contributed by atoms with van der Waals surface area (Å²) in [4.78, 5) is 2.12. The first-order valence-electron chi connectivity index (χ1n) is 10.2. The Balaban J connectivity index is 1.71. The van der Waals surface area contributed by atoms with Crippen molar-refractivity contribution in [3.8, 4) is 11.5 Å². The Morgan fingerprint density at radius 3 is 1.45 bits per heavy atom. The van der Waals surface area contributed by atoms with Crippen LogP contribution in [0.2, 0.25) is 0 Å². The molecule has 0 aliphatic carbocycles. The van der Waals surface area contributed by atoms with Crippen LogP contribution in [0.15, 0.2) is 109 Å². The van der Waals surface area contributed by atoms with Gasteiger partial charge < -0.3 is 13.9 Å². The molecule has 5 heteroatoms. The van der Waals surface area contributed by atoms with E-state index in [4.69, 9.17) is 9.05 Å². The summed E-state index contributed by atoms with van der Waals surface area (Å²) < 4.78 is 27.1. The molecule has 0 saturated carbocycles. The third-order valence-corrected chi connectivity index (χ3v) is 7.57. The minimum absolute atomic E-state index is 0.510. The van der Waals surface area contributed by atoms with E-state index in [1.807, 2.05) is 92.0 Å². The molecule has 0 N–H and O–H groups in total. The maximum atomic E-state index is 14.7. The van der Waals surface area contributed by atoms with Crippen LogP contribution in [0.25, 0.3) is 0 Å². The molecule has 4 aromatic carbocycles. The Kier molecular flexibility index (Phi) is 5.01. The van der Waals surface area contributed by atoms with Gasteiger partial charge in [-0.15, -0.1) is 0 Å². The van der Waals surface area contributed by atoms with Gasteiger partial charge in [-0.3, -0.25) is 0 Å². The van der Waals surface area contributed by atoms with Crippen LogP contribution in [0, 0.1) is 0 Å². The van der Waals surface area contributed by atoms with Crippen LogP contribution in [0.5, 0.6) is 11.5 Å². The molecule has 4 aromatic rings. The number of fused-ring (bicyclic) bond motifs is 2. The highest BCUT2D eigenvalue weighted by atomic mass is 31.2. The largest absolute Gasteiger partial charge is 0.442 e. The van der Waals surface area contributed by atoms with Gasteiger partial charge in [0, 0.05) is 18.4 Å². The minimum Gasteiger partial charge on any atom is -0.415 e. The highest BCUT2D eigenvalue weighted by Gasteiger charge is 2.46. The second-order valence-electron chi connectivity index (χ2n) is 7.43. The predicted octanol–water partition coefficient (Wildman–Crippen LogP) is 7.21. The molecule has 154 valence electrons. The van der Waals surface area contributed by atoms with Gasteiger partial charge in [0.05, 0.1) is 0 Å². The maximum Gasteiger partial charge on any atom is 0.442 e. The zero-order chi connectivity index (χ0) is 21.3. The number of hydrogen-bond acceptors (Lipinski definition) is 4. The average molecular weight is 427 g/mol. The Morgan fingerprint density at radius 1 is 0.613 bits per heavy atom. The van der Waals surface area contributed by atoms with Crippen LogP contribution in [-0.2, 0) is 4.57 Å². The fraction of sp³-hybridized carbons (Fsp3) is 0.0769. The molecule has 0 fully saturated rings. The molecular formula is C26H22NO3P. The molecular weight excluding hydrogens is 405 g/mol. The van der Waals surface area contributed by atoms with Crippen molar-refractivity contribution in [1.29, 1.82) is 0 Å². The molecule has 0 aromatic heterocycles. The third kappa shape index (κ3) is 3.60. The van der Waals surface area contributed by atoms with Crippen molar-refractivity contribution in [2.24, 2.45) is 0 Å². The van der Waals surface area contributed by atoms with Crippen molar-refractivity contribution in [3.63, 3.8) is 0 Å². The minimum atomic E-state index is -3.76. The first-order chi connectivity index (χ1) is 15.2. The van der Waals surface area contributed by atoms with Crippen LogP contribution in [-0.4, -0.2) is 7.05 Å². The number of para-hydroxylation sites is 4. The van der Waals surface area contributed by atoms with E-state index in [2.05, 4.69) is 4.90 Å². The highest BCUT2D eigenvalue weighted by molar-refractivity contribution is 7.55. The third-order valence-electron chi connectivity index (χ3n) is 5.45. The summed E-state index contributed by atoms with van der Waals surface area (Å²) in [5.41, 5.74) is 3.23. The van der Waals surface area contributed by atoms with E-state index in [9.17, 15) is 4.57 Å². The van der Waals surface area contributed by atoms with Crippen molar-refractivity contribution in [2.45, 2.75) is 5.66 Å². The van der Waals surface area contributed by atoms with Crippen LogP contribution in [0.3, 0.4) is 0 Å². The summed E-state index contributed by atoms with van der Waals surface area (Å²) >= 11 is 0. The fourth-order valence-corrected chi connectivity index (χ4v) is 6.26. The summed E-state index contributed by atoms with van der Waals surface area (Å²) in [7, 11) is -1.73. The Morgan fingerprint density at radius 2 is 1.00 bits per heavy atom. The van der Waals surface area contributed by atoms with E-state index >= 15 is 0 Å². The van der Waals surface area contributed by atoms with Gasteiger partial charge in [-0.2, -0.15) is 0 Å². The molecule has 1 heterocycles. The van der Waals surface area contributed by atoms with Crippen molar-refractivity contribution in [2.75, 3.05) is 11.9 Å². The first kappa shape index (κ1) is 19.5. The summed E-state index contributed by atoms with van der Waals surface area (Å²) in [6.45, 7) is 0. The molecule has 5 rings (SSSR count). The smallest absolute Gasteiger partial charge is 0.415 e.